The topological polar surface area (TPSA) is 76.1 Å². The van der Waals surface area contributed by atoms with Gasteiger partial charge in [0.1, 0.15) is 23.9 Å². The van der Waals surface area contributed by atoms with Crippen LogP contribution < -0.4 is 9.47 Å². The zero-order valence-electron chi connectivity index (χ0n) is 22.3. The van der Waals surface area contributed by atoms with E-state index in [9.17, 15) is 14.7 Å². The normalized spacial score (nSPS) is 16.6. The number of aliphatic hydroxyl groups excluding tert-OH is 1. The first-order valence-corrected chi connectivity index (χ1v) is 13.2. The average Bonchev–Trinajstić information content (AvgIpc) is 3.18. The Morgan fingerprint density at radius 3 is 2.32 bits per heavy atom. The molecule has 0 aliphatic carbocycles. The number of aliphatic hydroxyl groups is 1. The standard InChI is InChI=1S/C32H35NO5/c1-4-6-19-37-26-15-12-24(13-16-26)29-28(31(35)32(36)33(29)18-5-2)30(34)25-14-17-27(22(3)20-25)38-21-23-10-8-7-9-11-23/h7-17,20,29,34H,4-6,18-19,21H2,1-3H3/b30-28-. The molecule has 1 fully saturated rings. The number of hydrogen-bond acceptors (Lipinski definition) is 5. The molecule has 1 N–H and O–H groups in total. The van der Waals surface area contributed by atoms with Crippen molar-refractivity contribution in [2.75, 3.05) is 13.2 Å². The van der Waals surface area contributed by atoms with Crippen LogP contribution in [-0.2, 0) is 16.2 Å². The van der Waals surface area contributed by atoms with E-state index in [0.29, 0.717) is 37.5 Å². The summed E-state index contributed by atoms with van der Waals surface area (Å²) in [7, 11) is 0. The number of ketones is 1. The summed E-state index contributed by atoms with van der Waals surface area (Å²) in [5.74, 6) is -0.0381. The molecule has 0 saturated carbocycles. The smallest absolute Gasteiger partial charge is 0.295 e. The van der Waals surface area contributed by atoms with Gasteiger partial charge in [-0.05, 0) is 66.8 Å². The minimum absolute atomic E-state index is 0.0976. The summed E-state index contributed by atoms with van der Waals surface area (Å²) in [6.07, 6.45) is 2.70. The number of amides is 1. The van der Waals surface area contributed by atoms with Crippen LogP contribution >= 0.6 is 0 Å². The zero-order chi connectivity index (χ0) is 27.1. The van der Waals surface area contributed by atoms with E-state index in [-0.39, 0.29) is 11.3 Å². The number of rotatable bonds is 11. The van der Waals surface area contributed by atoms with E-state index in [0.717, 1.165) is 35.3 Å². The van der Waals surface area contributed by atoms with Gasteiger partial charge in [-0.25, -0.2) is 0 Å². The maximum atomic E-state index is 13.2. The zero-order valence-corrected chi connectivity index (χ0v) is 22.3. The molecule has 0 spiro atoms. The molecule has 0 aromatic heterocycles. The maximum Gasteiger partial charge on any atom is 0.295 e. The van der Waals surface area contributed by atoms with Gasteiger partial charge in [0.15, 0.2) is 0 Å². The van der Waals surface area contributed by atoms with Crippen molar-refractivity contribution < 1.29 is 24.2 Å². The molecular weight excluding hydrogens is 478 g/mol. The van der Waals surface area contributed by atoms with Crippen LogP contribution in [0.1, 0.15) is 61.4 Å². The highest BCUT2D eigenvalue weighted by Gasteiger charge is 2.45. The monoisotopic (exact) mass is 513 g/mol. The van der Waals surface area contributed by atoms with Crippen molar-refractivity contribution in [1.82, 2.24) is 4.90 Å². The van der Waals surface area contributed by atoms with Crippen LogP contribution in [-0.4, -0.2) is 34.8 Å². The lowest BCUT2D eigenvalue weighted by molar-refractivity contribution is -0.139. The largest absolute Gasteiger partial charge is 0.507 e. The molecular formula is C32H35NO5. The molecule has 1 aliphatic rings. The third kappa shape index (κ3) is 5.91. The first kappa shape index (κ1) is 27.0. The van der Waals surface area contributed by atoms with Crippen molar-refractivity contribution in [3.05, 3.63) is 101 Å². The fourth-order valence-electron chi connectivity index (χ4n) is 4.63. The van der Waals surface area contributed by atoms with Gasteiger partial charge in [0.2, 0.25) is 0 Å². The number of carbonyl (C=O) groups excluding carboxylic acids is 2. The van der Waals surface area contributed by atoms with E-state index in [4.69, 9.17) is 9.47 Å². The van der Waals surface area contributed by atoms with E-state index in [1.54, 1.807) is 23.1 Å². The van der Waals surface area contributed by atoms with Gasteiger partial charge >= 0.3 is 0 Å². The van der Waals surface area contributed by atoms with Gasteiger partial charge in [0.25, 0.3) is 11.7 Å². The second kappa shape index (κ2) is 12.5. The van der Waals surface area contributed by atoms with Crippen molar-refractivity contribution in [2.24, 2.45) is 0 Å². The van der Waals surface area contributed by atoms with Gasteiger partial charge in [0.05, 0.1) is 18.2 Å². The van der Waals surface area contributed by atoms with Crippen molar-refractivity contribution in [3.8, 4) is 11.5 Å². The lowest BCUT2D eigenvalue weighted by Gasteiger charge is -2.25. The van der Waals surface area contributed by atoms with Gasteiger partial charge < -0.3 is 19.5 Å². The highest BCUT2D eigenvalue weighted by molar-refractivity contribution is 6.46. The number of carbonyl (C=O) groups is 2. The molecule has 1 atom stereocenters. The summed E-state index contributed by atoms with van der Waals surface area (Å²) in [4.78, 5) is 27.7. The lowest BCUT2D eigenvalue weighted by Crippen LogP contribution is -2.30. The van der Waals surface area contributed by atoms with Crippen molar-refractivity contribution >= 4 is 17.4 Å². The predicted octanol–water partition coefficient (Wildman–Crippen LogP) is 6.58. The molecule has 1 unspecified atom stereocenters. The van der Waals surface area contributed by atoms with Crippen LogP contribution in [0.5, 0.6) is 11.5 Å². The predicted molar refractivity (Wildman–Crippen MR) is 148 cm³/mol. The summed E-state index contributed by atoms with van der Waals surface area (Å²) in [5.41, 5.74) is 3.19. The first-order valence-electron chi connectivity index (χ1n) is 13.2. The Bertz CT molecular complexity index is 1300. The molecule has 3 aromatic rings. The number of unbranched alkanes of at least 4 members (excludes halogenated alkanes) is 1. The van der Waals surface area contributed by atoms with Crippen LogP contribution in [0.3, 0.4) is 0 Å². The van der Waals surface area contributed by atoms with Gasteiger partial charge in [-0.15, -0.1) is 0 Å². The first-order chi connectivity index (χ1) is 18.4. The van der Waals surface area contributed by atoms with Crippen LogP contribution in [0.15, 0.2) is 78.4 Å². The second-order valence-electron chi connectivity index (χ2n) is 9.52. The molecule has 38 heavy (non-hydrogen) atoms. The molecule has 4 rings (SSSR count). The van der Waals surface area contributed by atoms with Crippen molar-refractivity contribution in [1.29, 1.82) is 0 Å². The molecule has 1 aliphatic heterocycles. The van der Waals surface area contributed by atoms with Gasteiger partial charge in [0, 0.05) is 12.1 Å². The van der Waals surface area contributed by atoms with Crippen molar-refractivity contribution in [2.45, 2.75) is 52.7 Å². The molecule has 1 amide bonds. The number of ether oxygens (including phenoxy) is 2. The number of nitrogens with zero attached hydrogens (tertiary/aromatic N) is 1. The lowest BCUT2D eigenvalue weighted by atomic mass is 9.94. The Labute approximate surface area is 224 Å². The van der Waals surface area contributed by atoms with E-state index in [1.165, 1.54) is 0 Å². The third-order valence-corrected chi connectivity index (χ3v) is 6.65. The second-order valence-corrected chi connectivity index (χ2v) is 9.52. The third-order valence-electron chi connectivity index (χ3n) is 6.65. The van der Waals surface area contributed by atoms with E-state index < -0.39 is 17.7 Å². The SMILES string of the molecule is CCCCOc1ccc(C2/C(=C(/O)c3ccc(OCc4ccccc4)c(C)c3)C(=O)C(=O)N2CCC)cc1. The summed E-state index contributed by atoms with van der Waals surface area (Å²) < 4.78 is 11.7. The average molecular weight is 514 g/mol. The molecule has 0 radical (unpaired) electrons. The molecule has 1 heterocycles. The Balaban J connectivity index is 1.64. The number of hydrogen-bond donors (Lipinski definition) is 1. The number of benzene rings is 3. The summed E-state index contributed by atoms with van der Waals surface area (Å²) in [6.45, 7) is 7.42. The molecule has 0 bridgehead atoms. The summed E-state index contributed by atoms with van der Waals surface area (Å²) >= 11 is 0. The number of aryl methyl sites for hydroxylation is 1. The van der Waals surface area contributed by atoms with Crippen LogP contribution in [0, 0.1) is 6.92 Å². The Hall–Kier alpha value is -4.06. The van der Waals surface area contributed by atoms with E-state index in [1.807, 2.05) is 68.4 Å². The van der Waals surface area contributed by atoms with Crippen LogP contribution in [0.2, 0.25) is 0 Å². The summed E-state index contributed by atoms with van der Waals surface area (Å²) in [6, 6.07) is 21.9. The van der Waals surface area contributed by atoms with Gasteiger partial charge in [-0.3, -0.25) is 9.59 Å². The Kier molecular flexibility index (Phi) is 8.85. The fraction of sp³-hybridized carbons (Fsp3) is 0.312. The Morgan fingerprint density at radius 2 is 1.66 bits per heavy atom. The van der Waals surface area contributed by atoms with Crippen LogP contribution in [0.4, 0.5) is 0 Å². The Morgan fingerprint density at radius 1 is 0.921 bits per heavy atom. The highest BCUT2D eigenvalue weighted by atomic mass is 16.5. The minimum Gasteiger partial charge on any atom is -0.507 e. The highest BCUT2D eigenvalue weighted by Crippen LogP contribution is 2.40. The van der Waals surface area contributed by atoms with Gasteiger partial charge in [-0.1, -0.05) is 62.7 Å². The minimum atomic E-state index is -0.675. The summed E-state index contributed by atoms with van der Waals surface area (Å²) in [5, 5.41) is 11.4. The molecule has 6 nitrogen and oxygen atoms in total. The van der Waals surface area contributed by atoms with Gasteiger partial charge in [-0.2, -0.15) is 0 Å². The van der Waals surface area contributed by atoms with E-state index in [2.05, 4.69) is 6.92 Å². The van der Waals surface area contributed by atoms with Crippen LogP contribution in [0.25, 0.3) is 5.76 Å². The quantitative estimate of drug-likeness (QED) is 0.136. The number of likely N-dealkylation sites (tertiary alicyclic amines) is 1. The molecule has 6 heteroatoms. The van der Waals surface area contributed by atoms with Crippen molar-refractivity contribution in [3.63, 3.8) is 0 Å². The van der Waals surface area contributed by atoms with E-state index >= 15 is 0 Å². The fourth-order valence-corrected chi connectivity index (χ4v) is 4.63. The molecule has 1 saturated heterocycles. The maximum absolute atomic E-state index is 13.2. The molecule has 198 valence electrons. The molecule has 3 aromatic carbocycles. The number of Topliss-reactive ketones (excluding diaryl/α,β-unsaturated/α-hetero) is 1.